The van der Waals surface area contributed by atoms with E-state index < -0.39 is 32.8 Å². The van der Waals surface area contributed by atoms with Gasteiger partial charge in [0.15, 0.2) is 5.03 Å². The largest absolute Gasteiger partial charge is 0.419 e. The average Bonchev–Trinajstić information content (AvgIpc) is 2.40. The van der Waals surface area contributed by atoms with Crippen LogP contribution in [0.25, 0.3) is 0 Å². The molecular formula is C11H13F3N4O3S. The van der Waals surface area contributed by atoms with E-state index >= 15 is 0 Å². The highest BCUT2D eigenvalue weighted by molar-refractivity contribution is 7.89. The number of carbonyl (C=O) groups excluding carboxylic acids is 1. The number of aromatic nitrogens is 1. The third-order valence-corrected chi connectivity index (χ3v) is 4.51. The molecular weight excluding hydrogens is 325 g/mol. The average molecular weight is 338 g/mol. The quantitative estimate of drug-likeness (QED) is 0.835. The lowest BCUT2D eigenvalue weighted by atomic mass is 10.1. The molecule has 2 heterocycles. The summed E-state index contributed by atoms with van der Waals surface area (Å²) in [6.07, 6.45) is -3.85. The summed E-state index contributed by atoms with van der Waals surface area (Å²) in [6.45, 7) is 0.153. The molecule has 0 aliphatic carbocycles. The monoisotopic (exact) mass is 338 g/mol. The minimum atomic E-state index is -4.83. The van der Waals surface area contributed by atoms with E-state index in [0.717, 1.165) is 12.3 Å². The maximum absolute atomic E-state index is 12.8. The second kappa shape index (κ2) is 5.72. The number of alkyl halides is 3. The maximum atomic E-state index is 12.8. The van der Waals surface area contributed by atoms with E-state index in [1.165, 1.54) is 11.9 Å². The van der Waals surface area contributed by atoms with E-state index in [2.05, 4.69) is 15.0 Å². The van der Waals surface area contributed by atoms with Gasteiger partial charge in [-0.05, 0) is 12.1 Å². The van der Waals surface area contributed by atoms with Crippen LogP contribution in [0.1, 0.15) is 5.56 Å². The number of carbonyl (C=O) groups is 1. The SMILES string of the molecule is CNC(=O)N1CC(NS(=O)(=O)c2ncccc2C(F)(F)F)C1. The van der Waals surface area contributed by atoms with Gasteiger partial charge in [-0.15, -0.1) is 0 Å². The summed E-state index contributed by atoms with van der Waals surface area (Å²) in [5, 5.41) is 1.29. The van der Waals surface area contributed by atoms with Crippen LogP contribution in [0.15, 0.2) is 23.4 Å². The summed E-state index contributed by atoms with van der Waals surface area (Å²) in [7, 11) is -3.01. The number of urea groups is 1. The summed E-state index contributed by atoms with van der Waals surface area (Å²) in [5.74, 6) is 0. The first kappa shape index (κ1) is 16.5. The number of nitrogens with one attached hydrogen (secondary N) is 2. The lowest BCUT2D eigenvalue weighted by Gasteiger charge is -2.38. The Morgan fingerprint density at radius 2 is 2.05 bits per heavy atom. The van der Waals surface area contributed by atoms with E-state index in [9.17, 15) is 26.4 Å². The van der Waals surface area contributed by atoms with Gasteiger partial charge in [0, 0.05) is 26.3 Å². The van der Waals surface area contributed by atoms with Crippen LogP contribution in [-0.4, -0.2) is 50.5 Å². The first-order chi connectivity index (χ1) is 10.1. The molecule has 1 aromatic rings. The Balaban J connectivity index is 2.15. The summed E-state index contributed by atoms with van der Waals surface area (Å²) in [5.41, 5.74) is -1.33. The second-order valence-electron chi connectivity index (χ2n) is 4.63. The van der Waals surface area contributed by atoms with Gasteiger partial charge in [0.25, 0.3) is 10.0 Å². The first-order valence-electron chi connectivity index (χ1n) is 6.16. The standard InChI is InChI=1S/C11H13F3N4O3S/c1-15-10(19)18-5-7(6-18)17-22(20,21)9-8(11(12,13)14)3-2-4-16-9/h2-4,7,17H,5-6H2,1H3,(H,15,19). The van der Waals surface area contributed by atoms with Gasteiger partial charge in [0.1, 0.15) is 0 Å². The fraction of sp³-hybridized carbons (Fsp3) is 0.455. The van der Waals surface area contributed by atoms with Crippen LogP contribution in [-0.2, 0) is 16.2 Å². The molecule has 122 valence electrons. The van der Waals surface area contributed by atoms with E-state index in [-0.39, 0.29) is 19.1 Å². The van der Waals surface area contributed by atoms with Crippen LogP contribution in [0.3, 0.4) is 0 Å². The molecule has 11 heteroatoms. The van der Waals surface area contributed by atoms with E-state index in [1.807, 2.05) is 0 Å². The topological polar surface area (TPSA) is 91.4 Å². The third-order valence-electron chi connectivity index (χ3n) is 3.04. The molecule has 2 amide bonds. The predicted molar refractivity (Wildman–Crippen MR) is 69.4 cm³/mol. The van der Waals surface area contributed by atoms with Crippen LogP contribution >= 0.6 is 0 Å². The van der Waals surface area contributed by atoms with Gasteiger partial charge in [-0.1, -0.05) is 0 Å². The highest BCUT2D eigenvalue weighted by atomic mass is 32.2. The summed E-state index contributed by atoms with van der Waals surface area (Å²) < 4.78 is 64.7. The van der Waals surface area contributed by atoms with Crippen molar-refractivity contribution in [2.75, 3.05) is 20.1 Å². The molecule has 0 atom stereocenters. The highest BCUT2D eigenvalue weighted by Gasteiger charge is 2.40. The zero-order valence-electron chi connectivity index (χ0n) is 11.4. The Morgan fingerprint density at radius 3 is 2.59 bits per heavy atom. The van der Waals surface area contributed by atoms with Crippen LogP contribution in [0, 0.1) is 0 Å². The number of nitrogens with zero attached hydrogens (tertiary/aromatic N) is 2. The Labute approximate surface area is 124 Å². The summed E-state index contributed by atoms with van der Waals surface area (Å²) in [4.78, 5) is 15.9. The van der Waals surface area contributed by atoms with E-state index in [4.69, 9.17) is 0 Å². The molecule has 0 radical (unpaired) electrons. The molecule has 1 aliphatic heterocycles. The fourth-order valence-electron chi connectivity index (χ4n) is 1.97. The normalized spacial score (nSPS) is 16.3. The fourth-order valence-corrected chi connectivity index (χ4v) is 3.35. The Morgan fingerprint density at radius 1 is 1.41 bits per heavy atom. The van der Waals surface area contributed by atoms with Crippen molar-refractivity contribution in [3.8, 4) is 0 Å². The molecule has 22 heavy (non-hydrogen) atoms. The molecule has 7 nitrogen and oxygen atoms in total. The van der Waals surface area contributed by atoms with Gasteiger partial charge < -0.3 is 10.2 Å². The number of hydrogen-bond donors (Lipinski definition) is 2. The number of rotatable bonds is 3. The van der Waals surface area contributed by atoms with Crippen molar-refractivity contribution in [1.82, 2.24) is 19.9 Å². The molecule has 0 saturated carbocycles. The summed E-state index contributed by atoms with van der Waals surface area (Å²) in [6, 6.07) is 0.632. The van der Waals surface area contributed by atoms with E-state index in [1.54, 1.807) is 0 Å². The molecule has 0 spiro atoms. The molecule has 0 bridgehead atoms. The van der Waals surface area contributed by atoms with Gasteiger partial charge in [0.05, 0.1) is 11.6 Å². The van der Waals surface area contributed by atoms with Gasteiger partial charge in [-0.3, -0.25) is 0 Å². The molecule has 1 fully saturated rings. The number of sulfonamides is 1. The molecule has 0 unspecified atom stereocenters. The zero-order chi connectivity index (χ0) is 16.5. The van der Waals surface area contributed by atoms with Crippen LogP contribution in [0.5, 0.6) is 0 Å². The minimum absolute atomic E-state index is 0.0765. The van der Waals surface area contributed by atoms with Crippen LogP contribution < -0.4 is 10.0 Å². The Bertz CT molecular complexity index is 671. The number of halogens is 3. The predicted octanol–water partition coefficient (Wildman–Crippen LogP) is 0.402. The third kappa shape index (κ3) is 3.30. The number of hydrogen-bond acceptors (Lipinski definition) is 4. The molecule has 1 saturated heterocycles. The molecule has 2 N–H and O–H groups in total. The summed E-state index contributed by atoms with van der Waals surface area (Å²) >= 11 is 0. The lowest BCUT2D eigenvalue weighted by molar-refractivity contribution is -0.140. The van der Waals surface area contributed by atoms with Crippen molar-refractivity contribution < 1.29 is 26.4 Å². The van der Waals surface area contributed by atoms with Gasteiger partial charge in [-0.2, -0.15) is 13.2 Å². The van der Waals surface area contributed by atoms with Crippen molar-refractivity contribution in [1.29, 1.82) is 0 Å². The van der Waals surface area contributed by atoms with Gasteiger partial charge in [-0.25, -0.2) is 22.9 Å². The number of amides is 2. The maximum Gasteiger partial charge on any atom is 0.419 e. The van der Waals surface area contributed by atoms with Crippen molar-refractivity contribution in [3.63, 3.8) is 0 Å². The lowest BCUT2D eigenvalue weighted by Crippen LogP contribution is -2.62. The molecule has 1 aromatic heterocycles. The van der Waals surface area contributed by atoms with Crippen LogP contribution in [0.4, 0.5) is 18.0 Å². The Kier molecular flexibility index (Phi) is 4.29. The number of pyridine rings is 1. The van der Waals surface area contributed by atoms with Gasteiger partial charge in [0.2, 0.25) is 0 Å². The van der Waals surface area contributed by atoms with Crippen molar-refractivity contribution in [3.05, 3.63) is 23.9 Å². The second-order valence-corrected chi connectivity index (χ2v) is 6.26. The zero-order valence-corrected chi connectivity index (χ0v) is 12.2. The van der Waals surface area contributed by atoms with Crippen molar-refractivity contribution in [2.24, 2.45) is 0 Å². The first-order valence-corrected chi connectivity index (χ1v) is 7.64. The van der Waals surface area contributed by atoms with E-state index in [0.29, 0.717) is 6.07 Å². The Hall–Kier alpha value is -1.88. The number of likely N-dealkylation sites (tertiary alicyclic amines) is 1. The molecule has 1 aliphatic rings. The van der Waals surface area contributed by atoms with Gasteiger partial charge >= 0.3 is 12.2 Å². The molecule has 2 rings (SSSR count). The van der Waals surface area contributed by atoms with Crippen LogP contribution in [0.2, 0.25) is 0 Å². The highest BCUT2D eigenvalue weighted by Crippen LogP contribution is 2.33. The van der Waals surface area contributed by atoms with Crippen molar-refractivity contribution in [2.45, 2.75) is 17.2 Å². The minimum Gasteiger partial charge on any atom is -0.341 e. The smallest absolute Gasteiger partial charge is 0.341 e. The van der Waals surface area contributed by atoms with Crippen molar-refractivity contribution >= 4 is 16.1 Å². The molecule has 0 aromatic carbocycles.